The molecular formula is C17H10Cl2FNO4. The number of imide groups is 1. The molecule has 0 bridgehead atoms. The Morgan fingerprint density at radius 3 is 2.24 bits per heavy atom. The molecule has 2 aromatic carbocycles. The molecule has 0 saturated carbocycles. The molecule has 1 aliphatic heterocycles. The van der Waals surface area contributed by atoms with Crippen molar-refractivity contribution in [3.63, 3.8) is 0 Å². The van der Waals surface area contributed by atoms with Crippen LogP contribution >= 0.6 is 23.2 Å². The predicted molar refractivity (Wildman–Crippen MR) is 89.8 cm³/mol. The summed E-state index contributed by atoms with van der Waals surface area (Å²) < 4.78 is 14.4. The Labute approximate surface area is 151 Å². The molecule has 3 rings (SSSR count). The normalized spacial score (nSPS) is 14.6. The molecule has 1 unspecified atom stereocenters. The summed E-state index contributed by atoms with van der Waals surface area (Å²) in [5.74, 6) is -3.39. The van der Waals surface area contributed by atoms with Gasteiger partial charge in [0.15, 0.2) is 0 Å². The van der Waals surface area contributed by atoms with E-state index in [0.29, 0.717) is 4.90 Å². The van der Waals surface area contributed by atoms with Crippen molar-refractivity contribution in [1.82, 2.24) is 0 Å². The Hall–Kier alpha value is -2.44. The number of carboxylic acids is 1. The average molecular weight is 382 g/mol. The van der Waals surface area contributed by atoms with Crippen LogP contribution in [0.4, 0.5) is 10.1 Å². The van der Waals surface area contributed by atoms with Gasteiger partial charge >= 0.3 is 5.97 Å². The quantitative estimate of drug-likeness (QED) is 0.640. The summed E-state index contributed by atoms with van der Waals surface area (Å²) in [6.07, 6.45) is -0.450. The Bertz CT molecular complexity index is 881. The van der Waals surface area contributed by atoms with Crippen LogP contribution in [0.15, 0.2) is 36.4 Å². The first-order valence-electron chi connectivity index (χ1n) is 7.14. The number of aliphatic carboxylic acids is 1. The van der Waals surface area contributed by atoms with Crippen molar-refractivity contribution in [1.29, 1.82) is 0 Å². The standard InChI is InChI=1S/C17H10Cl2FNO4/c18-11-6-13(20)14(5-10(11)12(19)7-15(22)23)21-16(24)8-3-1-2-4-9(8)17(21)25/h1-6,12H,7H2,(H,22,23). The molecule has 128 valence electrons. The molecule has 8 heteroatoms. The molecule has 2 amide bonds. The fraction of sp³-hybridized carbons (Fsp3) is 0.118. The van der Waals surface area contributed by atoms with Gasteiger partial charge in [0.25, 0.3) is 11.8 Å². The summed E-state index contributed by atoms with van der Waals surface area (Å²) in [4.78, 5) is 36.5. The smallest absolute Gasteiger partial charge is 0.305 e. The van der Waals surface area contributed by atoms with Crippen LogP contribution in [0.2, 0.25) is 5.02 Å². The average Bonchev–Trinajstić information content (AvgIpc) is 2.79. The van der Waals surface area contributed by atoms with Crippen molar-refractivity contribution < 1.29 is 23.9 Å². The van der Waals surface area contributed by atoms with Crippen molar-refractivity contribution in [2.75, 3.05) is 4.90 Å². The number of benzene rings is 2. The van der Waals surface area contributed by atoms with Gasteiger partial charge in [-0.1, -0.05) is 23.7 Å². The molecule has 0 aliphatic carbocycles. The van der Waals surface area contributed by atoms with Crippen LogP contribution in [-0.4, -0.2) is 22.9 Å². The second-order valence-corrected chi connectivity index (χ2v) is 6.32. The summed E-state index contributed by atoms with van der Waals surface area (Å²) in [5, 5.41) is 7.73. The topological polar surface area (TPSA) is 74.7 Å². The summed E-state index contributed by atoms with van der Waals surface area (Å²) in [6, 6.07) is 8.18. The zero-order valence-corrected chi connectivity index (χ0v) is 14.0. The van der Waals surface area contributed by atoms with Crippen LogP contribution in [0.5, 0.6) is 0 Å². The largest absolute Gasteiger partial charge is 0.481 e. The first-order valence-corrected chi connectivity index (χ1v) is 7.95. The highest BCUT2D eigenvalue weighted by atomic mass is 35.5. The Balaban J connectivity index is 2.08. The third kappa shape index (κ3) is 2.99. The van der Waals surface area contributed by atoms with E-state index in [0.717, 1.165) is 12.1 Å². The number of alkyl halides is 1. The minimum absolute atomic E-state index is 0.0842. The number of carbonyl (C=O) groups excluding carboxylic acids is 2. The molecule has 1 atom stereocenters. The van der Waals surface area contributed by atoms with Crippen molar-refractivity contribution in [2.24, 2.45) is 0 Å². The zero-order chi connectivity index (χ0) is 18.3. The zero-order valence-electron chi connectivity index (χ0n) is 12.5. The van der Waals surface area contributed by atoms with Crippen molar-refractivity contribution in [3.8, 4) is 0 Å². The third-order valence-electron chi connectivity index (χ3n) is 3.79. The van der Waals surface area contributed by atoms with Gasteiger partial charge in [-0.15, -0.1) is 11.6 Å². The van der Waals surface area contributed by atoms with Gasteiger partial charge < -0.3 is 5.11 Å². The van der Waals surface area contributed by atoms with E-state index in [1.54, 1.807) is 12.1 Å². The van der Waals surface area contributed by atoms with Crippen LogP contribution in [0.1, 0.15) is 38.1 Å². The molecule has 1 N–H and O–H groups in total. The summed E-state index contributed by atoms with van der Waals surface area (Å²) in [5.41, 5.74) is 0.132. The second kappa shape index (κ2) is 6.46. The number of hydrogen-bond donors (Lipinski definition) is 1. The fourth-order valence-electron chi connectivity index (χ4n) is 2.64. The van der Waals surface area contributed by atoms with E-state index >= 15 is 0 Å². The maximum absolute atomic E-state index is 14.4. The SMILES string of the molecule is O=C(O)CC(Cl)c1cc(N2C(=O)c3ccccc3C2=O)c(F)cc1Cl. The molecule has 0 fully saturated rings. The summed E-state index contributed by atoms with van der Waals surface area (Å²) in [7, 11) is 0. The lowest BCUT2D eigenvalue weighted by molar-refractivity contribution is -0.137. The first-order chi connectivity index (χ1) is 11.8. The molecule has 5 nitrogen and oxygen atoms in total. The van der Waals surface area contributed by atoms with Gasteiger partial charge in [0.1, 0.15) is 5.82 Å². The predicted octanol–water partition coefficient (Wildman–Crippen LogP) is 4.03. The highest BCUT2D eigenvalue weighted by molar-refractivity contribution is 6.35. The number of anilines is 1. The Morgan fingerprint density at radius 2 is 1.72 bits per heavy atom. The van der Waals surface area contributed by atoms with E-state index in [4.69, 9.17) is 28.3 Å². The minimum Gasteiger partial charge on any atom is -0.481 e. The van der Waals surface area contributed by atoms with E-state index in [1.165, 1.54) is 12.1 Å². The van der Waals surface area contributed by atoms with Gasteiger partial charge in [0, 0.05) is 5.02 Å². The lowest BCUT2D eigenvalue weighted by Crippen LogP contribution is -2.30. The van der Waals surface area contributed by atoms with Gasteiger partial charge in [0.05, 0.1) is 28.6 Å². The lowest BCUT2D eigenvalue weighted by Gasteiger charge is -2.18. The number of halogens is 3. The van der Waals surface area contributed by atoms with Crippen molar-refractivity contribution in [2.45, 2.75) is 11.8 Å². The van der Waals surface area contributed by atoms with E-state index in [9.17, 15) is 18.8 Å². The van der Waals surface area contributed by atoms with Crippen LogP contribution in [-0.2, 0) is 4.79 Å². The van der Waals surface area contributed by atoms with Gasteiger partial charge in [-0.25, -0.2) is 9.29 Å². The monoisotopic (exact) mass is 381 g/mol. The molecule has 0 saturated heterocycles. The highest BCUT2D eigenvalue weighted by Gasteiger charge is 2.38. The maximum atomic E-state index is 14.4. The molecule has 0 spiro atoms. The fourth-order valence-corrected chi connectivity index (χ4v) is 3.29. The van der Waals surface area contributed by atoms with E-state index in [2.05, 4.69) is 0 Å². The number of carboxylic acid groups (broad SMARTS) is 1. The summed E-state index contributed by atoms with van der Waals surface area (Å²) >= 11 is 12.0. The first kappa shape index (κ1) is 17.4. The Morgan fingerprint density at radius 1 is 1.16 bits per heavy atom. The van der Waals surface area contributed by atoms with Crippen LogP contribution < -0.4 is 4.90 Å². The van der Waals surface area contributed by atoms with Crippen molar-refractivity contribution >= 4 is 46.7 Å². The molecule has 1 heterocycles. The van der Waals surface area contributed by atoms with Gasteiger partial charge in [-0.2, -0.15) is 0 Å². The molecule has 2 aromatic rings. The number of hydrogen-bond acceptors (Lipinski definition) is 3. The van der Waals surface area contributed by atoms with E-state index in [-0.39, 0.29) is 27.4 Å². The van der Waals surface area contributed by atoms with E-state index in [1.807, 2.05) is 0 Å². The lowest BCUT2D eigenvalue weighted by atomic mass is 10.1. The number of nitrogens with zero attached hydrogens (tertiary/aromatic N) is 1. The summed E-state index contributed by atoms with van der Waals surface area (Å²) in [6.45, 7) is 0. The van der Waals surface area contributed by atoms with Crippen LogP contribution in [0, 0.1) is 5.82 Å². The van der Waals surface area contributed by atoms with Gasteiger partial charge in [0.2, 0.25) is 0 Å². The molecule has 25 heavy (non-hydrogen) atoms. The highest BCUT2D eigenvalue weighted by Crippen LogP contribution is 2.37. The number of amides is 2. The molecular weight excluding hydrogens is 372 g/mol. The van der Waals surface area contributed by atoms with Crippen molar-refractivity contribution in [3.05, 3.63) is 63.9 Å². The molecule has 0 aromatic heterocycles. The molecule has 1 aliphatic rings. The third-order valence-corrected chi connectivity index (χ3v) is 4.51. The number of rotatable bonds is 4. The molecule has 0 radical (unpaired) electrons. The minimum atomic E-state index is -1.16. The van der Waals surface area contributed by atoms with E-state index < -0.39 is 35.4 Å². The van der Waals surface area contributed by atoms with Crippen LogP contribution in [0.3, 0.4) is 0 Å². The Kier molecular flexibility index (Phi) is 4.49. The number of carbonyl (C=O) groups is 3. The van der Waals surface area contributed by atoms with Gasteiger partial charge in [-0.05, 0) is 29.8 Å². The van der Waals surface area contributed by atoms with Crippen LogP contribution in [0.25, 0.3) is 0 Å². The second-order valence-electron chi connectivity index (χ2n) is 5.38. The van der Waals surface area contributed by atoms with Gasteiger partial charge in [-0.3, -0.25) is 14.4 Å². The maximum Gasteiger partial charge on any atom is 0.305 e. The number of fused-ring (bicyclic) bond motifs is 1.